The molecule has 0 aromatic rings. The fourth-order valence-electron chi connectivity index (χ4n) is 1.87. The molecule has 0 unspecified atom stereocenters. The molecule has 2 saturated heterocycles. The van der Waals surface area contributed by atoms with Gasteiger partial charge in [0, 0.05) is 31.4 Å². The van der Waals surface area contributed by atoms with Crippen LogP contribution in [0.4, 0.5) is 0 Å². The number of hydrogen-bond acceptors (Lipinski definition) is 10. The fraction of sp³-hybridized carbons (Fsp3) is 0.538. The number of hydroxylamine groups is 4. The Bertz CT molecular complexity index is 539. The Morgan fingerprint density at radius 3 is 1.68 bits per heavy atom. The van der Waals surface area contributed by atoms with Gasteiger partial charge in [-0.3, -0.25) is 19.2 Å². The standard InChI is InChI=1S/C13H14N2O8S2/c16-8-1-2-9(17)14(8)22-12(20)5-6-24-25-7-13(21)23-15-10(18)3-4-11(15)19/h1-7H2. The molecule has 0 aliphatic carbocycles. The summed E-state index contributed by atoms with van der Waals surface area (Å²) in [6.07, 6.45) is 0.0465. The molecule has 10 nitrogen and oxygen atoms in total. The summed E-state index contributed by atoms with van der Waals surface area (Å²) in [5.41, 5.74) is 0. The maximum Gasteiger partial charge on any atom is 0.343 e. The quantitative estimate of drug-likeness (QED) is 0.317. The third kappa shape index (κ3) is 5.46. The molecule has 2 heterocycles. The lowest BCUT2D eigenvalue weighted by Crippen LogP contribution is -2.32. The molecule has 0 radical (unpaired) electrons. The minimum Gasteiger partial charge on any atom is -0.330 e. The second-order valence-corrected chi connectivity index (χ2v) is 7.51. The first-order valence-corrected chi connectivity index (χ1v) is 9.75. The highest BCUT2D eigenvalue weighted by atomic mass is 33.1. The molecule has 136 valence electrons. The van der Waals surface area contributed by atoms with Crippen molar-refractivity contribution in [3.05, 3.63) is 0 Å². The SMILES string of the molecule is O=C(CCSSCC(=O)ON1C(=O)CCC1=O)ON1C(=O)CCC1=O. The molecule has 25 heavy (non-hydrogen) atoms. The van der Waals surface area contributed by atoms with Crippen LogP contribution in [0, 0.1) is 0 Å². The number of carbonyl (C=O) groups excluding carboxylic acids is 6. The van der Waals surface area contributed by atoms with Crippen LogP contribution in [-0.2, 0) is 38.4 Å². The summed E-state index contributed by atoms with van der Waals surface area (Å²) in [6, 6.07) is 0. The highest BCUT2D eigenvalue weighted by molar-refractivity contribution is 8.76. The summed E-state index contributed by atoms with van der Waals surface area (Å²) < 4.78 is 0. The van der Waals surface area contributed by atoms with Crippen molar-refractivity contribution in [2.45, 2.75) is 32.1 Å². The summed E-state index contributed by atoms with van der Waals surface area (Å²) in [5.74, 6) is -3.53. The molecule has 0 bridgehead atoms. The lowest BCUT2D eigenvalue weighted by Gasteiger charge is -2.12. The van der Waals surface area contributed by atoms with E-state index in [-0.39, 0.29) is 43.6 Å². The molecule has 2 fully saturated rings. The first-order valence-electron chi connectivity index (χ1n) is 7.26. The van der Waals surface area contributed by atoms with Crippen molar-refractivity contribution in [1.29, 1.82) is 0 Å². The summed E-state index contributed by atoms with van der Waals surface area (Å²) in [4.78, 5) is 77.5. The van der Waals surface area contributed by atoms with Gasteiger partial charge in [-0.15, -0.1) is 10.1 Å². The third-order valence-corrected chi connectivity index (χ3v) is 5.29. The van der Waals surface area contributed by atoms with Crippen molar-refractivity contribution >= 4 is 57.2 Å². The third-order valence-electron chi connectivity index (χ3n) is 3.05. The van der Waals surface area contributed by atoms with Gasteiger partial charge in [0.15, 0.2) is 0 Å². The van der Waals surface area contributed by atoms with E-state index in [0.717, 1.165) is 10.8 Å². The van der Waals surface area contributed by atoms with Gasteiger partial charge in [-0.25, -0.2) is 9.59 Å². The molecule has 4 amide bonds. The lowest BCUT2D eigenvalue weighted by atomic mass is 10.4. The minimum atomic E-state index is -0.753. The lowest BCUT2D eigenvalue weighted by molar-refractivity contribution is -0.197. The smallest absolute Gasteiger partial charge is 0.330 e. The largest absolute Gasteiger partial charge is 0.343 e. The number of carbonyl (C=O) groups is 6. The average Bonchev–Trinajstić information content (AvgIpc) is 3.04. The Balaban J connectivity index is 1.57. The predicted molar refractivity (Wildman–Crippen MR) is 83.9 cm³/mol. The van der Waals surface area contributed by atoms with E-state index in [2.05, 4.69) is 9.68 Å². The van der Waals surface area contributed by atoms with Crippen LogP contribution < -0.4 is 0 Å². The van der Waals surface area contributed by atoms with Crippen molar-refractivity contribution in [2.75, 3.05) is 11.5 Å². The van der Waals surface area contributed by atoms with Gasteiger partial charge in [-0.1, -0.05) is 21.6 Å². The average molecular weight is 390 g/mol. The van der Waals surface area contributed by atoms with Crippen molar-refractivity contribution in [3.8, 4) is 0 Å². The van der Waals surface area contributed by atoms with Crippen LogP contribution in [0.3, 0.4) is 0 Å². The van der Waals surface area contributed by atoms with E-state index in [1.54, 1.807) is 0 Å². The van der Waals surface area contributed by atoms with E-state index in [1.165, 1.54) is 10.8 Å². The van der Waals surface area contributed by atoms with Gasteiger partial charge in [0.2, 0.25) is 0 Å². The van der Waals surface area contributed by atoms with Crippen LogP contribution >= 0.6 is 21.6 Å². The molecule has 0 aromatic carbocycles. The van der Waals surface area contributed by atoms with Crippen LogP contribution in [0.2, 0.25) is 0 Å². The molecule has 0 saturated carbocycles. The number of amides is 4. The Labute approximate surface area is 149 Å². The van der Waals surface area contributed by atoms with Gasteiger partial charge >= 0.3 is 11.9 Å². The van der Waals surface area contributed by atoms with E-state index < -0.39 is 35.6 Å². The van der Waals surface area contributed by atoms with Crippen LogP contribution in [0.15, 0.2) is 0 Å². The number of imide groups is 2. The highest BCUT2D eigenvalue weighted by Gasteiger charge is 2.33. The predicted octanol–water partition coefficient (Wildman–Crippen LogP) is -0.0277. The van der Waals surface area contributed by atoms with Gasteiger partial charge < -0.3 is 9.68 Å². The molecule has 0 N–H and O–H groups in total. The topological polar surface area (TPSA) is 127 Å². The first-order chi connectivity index (χ1) is 11.9. The van der Waals surface area contributed by atoms with Crippen LogP contribution in [-0.4, -0.2) is 57.2 Å². The Kier molecular flexibility index (Phi) is 6.82. The minimum absolute atomic E-state index is 0.0259. The van der Waals surface area contributed by atoms with Crippen LogP contribution in [0.25, 0.3) is 0 Å². The van der Waals surface area contributed by atoms with Crippen LogP contribution in [0.5, 0.6) is 0 Å². The van der Waals surface area contributed by atoms with Gasteiger partial charge in [0.1, 0.15) is 5.75 Å². The summed E-state index contributed by atoms with van der Waals surface area (Å²) >= 11 is 0. The molecule has 0 aromatic heterocycles. The van der Waals surface area contributed by atoms with E-state index in [4.69, 9.17) is 0 Å². The van der Waals surface area contributed by atoms with Crippen molar-refractivity contribution in [2.24, 2.45) is 0 Å². The zero-order valence-corrected chi connectivity index (χ0v) is 14.6. The van der Waals surface area contributed by atoms with Gasteiger partial charge in [-0.05, 0) is 0 Å². The molecular formula is C13H14N2O8S2. The van der Waals surface area contributed by atoms with Crippen molar-refractivity contribution < 1.29 is 38.4 Å². The summed E-state index contributed by atoms with van der Waals surface area (Å²) in [7, 11) is 2.24. The van der Waals surface area contributed by atoms with Gasteiger partial charge in [-0.2, -0.15) is 0 Å². The van der Waals surface area contributed by atoms with Crippen molar-refractivity contribution in [1.82, 2.24) is 10.1 Å². The molecule has 0 atom stereocenters. The highest BCUT2D eigenvalue weighted by Crippen LogP contribution is 2.23. The first kappa shape index (κ1) is 19.2. The van der Waals surface area contributed by atoms with Crippen molar-refractivity contribution in [3.63, 3.8) is 0 Å². The molecule has 2 aliphatic rings. The molecular weight excluding hydrogens is 376 g/mol. The number of nitrogens with zero attached hydrogens (tertiary/aromatic N) is 2. The fourth-order valence-corrected chi connectivity index (χ4v) is 3.61. The molecule has 0 spiro atoms. The van der Waals surface area contributed by atoms with E-state index in [9.17, 15) is 28.8 Å². The van der Waals surface area contributed by atoms with E-state index >= 15 is 0 Å². The zero-order valence-electron chi connectivity index (χ0n) is 12.9. The maximum atomic E-state index is 11.5. The summed E-state index contributed by atoms with van der Waals surface area (Å²) in [5, 5.41) is 0.941. The van der Waals surface area contributed by atoms with Gasteiger partial charge in [0.25, 0.3) is 23.6 Å². The Morgan fingerprint density at radius 2 is 1.20 bits per heavy atom. The zero-order chi connectivity index (χ0) is 18.4. The molecule has 2 rings (SSSR count). The number of rotatable bonds is 8. The maximum absolute atomic E-state index is 11.5. The second kappa shape index (κ2) is 8.85. The molecule has 2 aliphatic heterocycles. The van der Waals surface area contributed by atoms with E-state index in [1.807, 2.05) is 0 Å². The van der Waals surface area contributed by atoms with Gasteiger partial charge in [0.05, 0.1) is 6.42 Å². The molecule has 12 heteroatoms. The Morgan fingerprint density at radius 1 is 0.760 bits per heavy atom. The monoisotopic (exact) mass is 390 g/mol. The van der Waals surface area contributed by atoms with E-state index in [0.29, 0.717) is 10.1 Å². The van der Waals surface area contributed by atoms with Crippen LogP contribution in [0.1, 0.15) is 32.1 Å². The second-order valence-electron chi connectivity index (χ2n) is 4.92. The summed E-state index contributed by atoms with van der Waals surface area (Å²) in [6.45, 7) is 0. The Hall–Kier alpha value is -2.08. The normalized spacial score (nSPS) is 17.4. The number of hydrogen-bond donors (Lipinski definition) is 0.